The number of hydrogen-bond acceptors (Lipinski definition) is 4. The standard InChI is InChI=1S/C17H21NO3S/c1-2-14(8-9-19)18-17(20)13-5-3-6-15(11-13)21-12-16-7-4-10-22-16/h3-7,10-11,14,19H,2,8-9,12H2,1H3,(H,18,20). The monoisotopic (exact) mass is 319 g/mol. The summed E-state index contributed by atoms with van der Waals surface area (Å²) in [5, 5.41) is 13.9. The Balaban J connectivity index is 1.96. The van der Waals surface area contributed by atoms with Crippen LogP contribution in [-0.4, -0.2) is 23.7 Å². The summed E-state index contributed by atoms with van der Waals surface area (Å²) < 4.78 is 5.71. The van der Waals surface area contributed by atoms with Gasteiger partial charge in [-0.15, -0.1) is 11.3 Å². The van der Waals surface area contributed by atoms with E-state index in [0.29, 0.717) is 24.3 Å². The second-order valence-corrected chi connectivity index (χ2v) is 6.02. The Morgan fingerprint density at radius 1 is 1.36 bits per heavy atom. The number of rotatable bonds is 8. The van der Waals surface area contributed by atoms with Gasteiger partial charge in [-0.1, -0.05) is 19.1 Å². The van der Waals surface area contributed by atoms with Gasteiger partial charge >= 0.3 is 0 Å². The lowest BCUT2D eigenvalue weighted by Crippen LogP contribution is -2.35. The third-order valence-corrected chi connectivity index (χ3v) is 4.21. The van der Waals surface area contributed by atoms with Crippen LogP contribution in [0.5, 0.6) is 5.75 Å². The lowest BCUT2D eigenvalue weighted by molar-refractivity contribution is 0.0928. The lowest BCUT2D eigenvalue weighted by Gasteiger charge is -2.16. The number of benzene rings is 1. The van der Waals surface area contributed by atoms with Crippen LogP contribution in [0.25, 0.3) is 0 Å². The van der Waals surface area contributed by atoms with Crippen LogP contribution in [0.15, 0.2) is 41.8 Å². The van der Waals surface area contributed by atoms with Gasteiger partial charge < -0.3 is 15.2 Å². The highest BCUT2D eigenvalue weighted by Crippen LogP contribution is 2.17. The van der Waals surface area contributed by atoms with Crippen LogP contribution in [-0.2, 0) is 6.61 Å². The van der Waals surface area contributed by atoms with E-state index in [1.54, 1.807) is 23.5 Å². The van der Waals surface area contributed by atoms with E-state index in [2.05, 4.69) is 5.32 Å². The topological polar surface area (TPSA) is 58.6 Å². The first-order valence-electron chi connectivity index (χ1n) is 7.40. The largest absolute Gasteiger partial charge is 0.488 e. The number of carbonyl (C=O) groups excluding carboxylic acids is 1. The molecule has 22 heavy (non-hydrogen) atoms. The summed E-state index contributed by atoms with van der Waals surface area (Å²) in [6.45, 7) is 2.56. The van der Waals surface area contributed by atoms with Crippen LogP contribution in [0.4, 0.5) is 0 Å². The van der Waals surface area contributed by atoms with Crippen molar-refractivity contribution in [1.82, 2.24) is 5.32 Å². The first kappa shape index (κ1) is 16.5. The van der Waals surface area contributed by atoms with E-state index < -0.39 is 0 Å². The van der Waals surface area contributed by atoms with Crippen molar-refractivity contribution in [2.75, 3.05) is 6.61 Å². The predicted octanol–water partition coefficient (Wildman–Crippen LogP) is 3.22. The third-order valence-electron chi connectivity index (χ3n) is 3.36. The fourth-order valence-electron chi connectivity index (χ4n) is 2.08. The first-order valence-corrected chi connectivity index (χ1v) is 8.28. The molecule has 5 heteroatoms. The molecule has 1 aromatic heterocycles. The predicted molar refractivity (Wildman–Crippen MR) is 88.3 cm³/mol. The van der Waals surface area contributed by atoms with Gasteiger partial charge in [-0.3, -0.25) is 4.79 Å². The number of ether oxygens (including phenoxy) is 1. The van der Waals surface area contributed by atoms with Crippen molar-refractivity contribution in [3.05, 3.63) is 52.2 Å². The van der Waals surface area contributed by atoms with Gasteiger partial charge in [0.1, 0.15) is 12.4 Å². The molecule has 0 aliphatic heterocycles. The molecule has 0 radical (unpaired) electrons. The molecule has 0 aliphatic rings. The maximum absolute atomic E-state index is 12.2. The van der Waals surface area contributed by atoms with E-state index in [0.717, 1.165) is 11.3 Å². The first-order chi connectivity index (χ1) is 10.7. The summed E-state index contributed by atoms with van der Waals surface area (Å²) >= 11 is 1.64. The van der Waals surface area contributed by atoms with E-state index in [-0.39, 0.29) is 18.6 Å². The van der Waals surface area contributed by atoms with Crippen molar-refractivity contribution in [3.8, 4) is 5.75 Å². The molecule has 1 aromatic carbocycles. The summed E-state index contributed by atoms with van der Waals surface area (Å²) in [6.07, 6.45) is 1.36. The molecule has 0 saturated heterocycles. The Kier molecular flexibility index (Phi) is 6.43. The molecule has 1 amide bonds. The molecule has 0 fully saturated rings. The third kappa shape index (κ3) is 4.86. The van der Waals surface area contributed by atoms with Gasteiger partial charge in [0.15, 0.2) is 0 Å². The molecular weight excluding hydrogens is 298 g/mol. The van der Waals surface area contributed by atoms with E-state index >= 15 is 0 Å². The van der Waals surface area contributed by atoms with Gasteiger partial charge in [-0.25, -0.2) is 0 Å². The van der Waals surface area contributed by atoms with E-state index in [1.165, 1.54) is 0 Å². The average Bonchev–Trinajstić information content (AvgIpc) is 3.06. The van der Waals surface area contributed by atoms with Crippen LogP contribution < -0.4 is 10.1 Å². The number of carbonyl (C=O) groups is 1. The smallest absolute Gasteiger partial charge is 0.251 e. The molecule has 0 spiro atoms. The molecule has 118 valence electrons. The minimum Gasteiger partial charge on any atom is -0.488 e. The zero-order valence-corrected chi connectivity index (χ0v) is 13.4. The Bertz CT molecular complexity index is 583. The van der Waals surface area contributed by atoms with Gasteiger partial charge in [-0.05, 0) is 42.5 Å². The van der Waals surface area contributed by atoms with Crippen molar-refractivity contribution in [2.24, 2.45) is 0 Å². The number of aliphatic hydroxyl groups is 1. The molecule has 4 nitrogen and oxygen atoms in total. The number of amides is 1. The molecule has 0 saturated carbocycles. The van der Waals surface area contributed by atoms with Crippen molar-refractivity contribution in [3.63, 3.8) is 0 Å². The van der Waals surface area contributed by atoms with Crippen LogP contribution in [0, 0.1) is 0 Å². The zero-order valence-electron chi connectivity index (χ0n) is 12.6. The highest BCUT2D eigenvalue weighted by atomic mass is 32.1. The van der Waals surface area contributed by atoms with E-state index in [9.17, 15) is 4.79 Å². The Labute approximate surface area is 134 Å². The summed E-state index contributed by atoms with van der Waals surface area (Å²) in [5.74, 6) is 0.540. The summed E-state index contributed by atoms with van der Waals surface area (Å²) in [7, 11) is 0. The highest BCUT2D eigenvalue weighted by molar-refractivity contribution is 7.09. The van der Waals surface area contributed by atoms with Crippen LogP contribution in [0.2, 0.25) is 0 Å². The van der Waals surface area contributed by atoms with Gasteiger partial charge in [0.25, 0.3) is 5.91 Å². The van der Waals surface area contributed by atoms with Gasteiger partial charge in [0.05, 0.1) is 0 Å². The maximum atomic E-state index is 12.2. The maximum Gasteiger partial charge on any atom is 0.251 e. The minimum absolute atomic E-state index is 0.00630. The molecule has 2 aromatic rings. The molecule has 0 aliphatic carbocycles. The summed E-state index contributed by atoms with van der Waals surface area (Å²) in [5.41, 5.74) is 0.570. The molecule has 0 bridgehead atoms. The van der Waals surface area contributed by atoms with Crippen LogP contribution in [0.3, 0.4) is 0 Å². The normalized spacial score (nSPS) is 11.9. The quantitative estimate of drug-likeness (QED) is 0.785. The Hall–Kier alpha value is -1.85. The van der Waals surface area contributed by atoms with Crippen molar-refractivity contribution >= 4 is 17.2 Å². The summed E-state index contributed by atoms with van der Waals surface area (Å²) in [6, 6.07) is 11.2. The summed E-state index contributed by atoms with van der Waals surface area (Å²) in [4.78, 5) is 13.4. The van der Waals surface area contributed by atoms with Crippen molar-refractivity contribution in [1.29, 1.82) is 0 Å². The second kappa shape index (κ2) is 8.56. The van der Waals surface area contributed by atoms with Gasteiger partial charge in [-0.2, -0.15) is 0 Å². The van der Waals surface area contributed by atoms with Crippen LogP contribution in [0.1, 0.15) is 35.0 Å². The van der Waals surface area contributed by atoms with E-state index in [4.69, 9.17) is 9.84 Å². The zero-order chi connectivity index (χ0) is 15.8. The fraction of sp³-hybridized carbons (Fsp3) is 0.353. The molecular formula is C17H21NO3S. The van der Waals surface area contributed by atoms with Crippen molar-refractivity contribution < 1.29 is 14.6 Å². The second-order valence-electron chi connectivity index (χ2n) is 4.99. The molecule has 1 unspecified atom stereocenters. The SMILES string of the molecule is CCC(CCO)NC(=O)c1cccc(OCc2cccs2)c1. The van der Waals surface area contributed by atoms with Crippen molar-refractivity contribution in [2.45, 2.75) is 32.4 Å². The van der Waals surface area contributed by atoms with Gasteiger partial charge in [0.2, 0.25) is 0 Å². The highest BCUT2D eigenvalue weighted by Gasteiger charge is 2.12. The lowest BCUT2D eigenvalue weighted by atomic mass is 10.1. The average molecular weight is 319 g/mol. The Morgan fingerprint density at radius 2 is 2.23 bits per heavy atom. The molecule has 1 heterocycles. The number of thiophene rings is 1. The molecule has 2 N–H and O–H groups in total. The van der Waals surface area contributed by atoms with Gasteiger partial charge in [0, 0.05) is 23.1 Å². The Morgan fingerprint density at radius 3 is 2.91 bits per heavy atom. The number of nitrogens with one attached hydrogen (secondary N) is 1. The minimum atomic E-state index is -0.137. The molecule has 1 atom stereocenters. The molecule has 2 rings (SSSR count). The van der Waals surface area contributed by atoms with E-state index in [1.807, 2.05) is 36.6 Å². The fourth-order valence-corrected chi connectivity index (χ4v) is 2.70. The number of aliphatic hydroxyl groups excluding tert-OH is 1. The number of hydrogen-bond donors (Lipinski definition) is 2. The van der Waals surface area contributed by atoms with Crippen LogP contribution >= 0.6 is 11.3 Å².